The minimum absolute atomic E-state index is 0.0249. The standard InChI is InChI=1S/C14H18N2O3/c1-11-5-3-2-4-6-14(11)15(17)12-7-9-13(10-8-12)16(18)19/h7-10,14,17H,1-6H2. The van der Waals surface area contributed by atoms with Gasteiger partial charge in [-0.15, -0.1) is 0 Å². The van der Waals surface area contributed by atoms with Gasteiger partial charge in [-0.05, 0) is 31.4 Å². The average Bonchev–Trinajstić information content (AvgIpc) is 2.63. The molecule has 1 fully saturated rings. The lowest BCUT2D eigenvalue weighted by atomic mass is 10.0. The van der Waals surface area contributed by atoms with E-state index in [2.05, 4.69) is 6.58 Å². The number of hydroxylamine groups is 1. The number of nitro benzene ring substituents is 1. The summed E-state index contributed by atoms with van der Waals surface area (Å²) in [5.74, 6) is 0. The first-order valence-electron chi connectivity index (χ1n) is 6.50. The molecule has 1 aliphatic rings. The first-order valence-corrected chi connectivity index (χ1v) is 6.50. The maximum atomic E-state index is 10.6. The molecular weight excluding hydrogens is 244 g/mol. The van der Waals surface area contributed by atoms with E-state index in [1.807, 2.05) is 0 Å². The van der Waals surface area contributed by atoms with Crippen molar-refractivity contribution >= 4 is 11.4 Å². The molecule has 1 N–H and O–H groups in total. The molecule has 1 aliphatic carbocycles. The third kappa shape index (κ3) is 3.12. The first-order chi connectivity index (χ1) is 9.09. The van der Waals surface area contributed by atoms with Crippen molar-refractivity contribution < 1.29 is 10.1 Å². The van der Waals surface area contributed by atoms with Crippen molar-refractivity contribution in [2.45, 2.75) is 38.1 Å². The van der Waals surface area contributed by atoms with Crippen LogP contribution in [0.5, 0.6) is 0 Å². The molecule has 2 rings (SSSR count). The summed E-state index contributed by atoms with van der Waals surface area (Å²) in [6.45, 7) is 4.04. The van der Waals surface area contributed by atoms with E-state index in [-0.39, 0.29) is 11.7 Å². The number of nitrogens with zero attached hydrogens (tertiary/aromatic N) is 2. The quantitative estimate of drug-likeness (QED) is 0.390. The SMILES string of the molecule is C=C1CCCCCC1N(O)c1ccc([N+](=O)[O-])cc1. The minimum atomic E-state index is -0.448. The van der Waals surface area contributed by atoms with Gasteiger partial charge in [0, 0.05) is 12.1 Å². The number of hydrogen-bond donors (Lipinski definition) is 1. The number of hydrogen-bond acceptors (Lipinski definition) is 4. The maximum absolute atomic E-state index is 10.6. The van der Waals surface area contributed by atoms with Gasteiger partial charge in [-0.2, -0.15) is 0 Å². The average molecular weight is 262 g/mol. The number of rotatable bonds is 3. The normalized spacial score (nSPS) is 19.8. The van der Waals surface area contributed by atoms with Crippen molar-refractivity contribution in [2.75, 3.05) is 5.06 Å². The molecule has 5 heteroatoms. The van der Waals surface area contributed by atoms with Crippen LogP contribution < -0.4 is 5.06 Å². The molecule has 0 heterocycles. The second-order valence-electron chi connectivity index (χ2n) is 4.89. The second kappa shape index (κ2) is 5.84. The molecule has 0 bridgehead atoms. The minimum Gasteiger partial charge on any atom is -0.288 e. The van der Waals surface area contributed by atoms with Gasteiger partial charge in [0.05, 0.1) is 16.7 Å². The van der Waals surface area contributed by atoms with E-state index < -0.39 is 4.92 Å². The lowest BCUT2D eigenvalue weighted by Gasteiger charge is -2.28. The summed E-state index contributed by atoms with van der Waals surface area (Å²) in [6.07, 6.45) is 5.13. The molecule has 0 saturated heterocycles. The fourth-order valence-corrected chi connectivity index (χ4v) is 2.44. The lowest BCUT2D eigenvalue weighted by molar-refractivity contribution is -0.384. The van der Waals surface area contributed by atoms with Gasteiger partial charge in [0.25, 0.3) is 5.69 Å². The van der Waals surface area contributed by atoms with E-state index in [0.29, 0.717) is 5.69 Å². The molecule has 19 heavy (non-hydrogen) atoms. The Balaban J connectivity index is 2.15. The van der Waals surface area contributed by atoms with E-state index in [0.717, 1.165) is 37.7 Å². The molecule has 1 saturated carbocycles. The van der Waals surface area contributed by atoms with E-state index >= 15 is 0 Å². The summed E-state index contributed by atoms with van der Waals surface area (Å²) in [6, 6.07) is 5.84. The zero-order valence-corrected chi connectivity index (χ0v) is 10.8. The van der Waals surface area contributed by atoms with Crippen molar-refractivity contribution in [1.29, 1.82) is 0 Å². The Morgan fingerprint density at radius 2 is 1.95 bits per heavy atom. The van der Waals surface area contributed by atoms with Gasteiger partial charge >= 0.3 is 0 Å². The van der Waals surface area contributed by atoms with Gasteiger partial charge in [0.1, 0.15) is 0 Å². The number of nitro groups is 1. The number of non-ortho nitro benzene ring substituents is 1. The first kappa shape index (κ1) is 13.5. The molecular formula is C14H18N2O3. The Morgan fingerprint density at radius 3 is 2.58 bits per heavy atom. The summed E-state index contributed by atoms with van der Waals surface area (Å²) in [5.41, 5.74) is 1.62. The van der Waals surface area contributed by atoms with E-state index in [4.69, 9.17) is 0 Å². The van der Waals surface area contributed by atoms with Crippen LogP contribution in [0, 0.1) is 10.1 Å². The molecule has 5 nitrogen and oxygen atoms in total. The van der Waals surface area contributed by atoms with Crippen molar-refractivity contribution in [1.82, 2.24) is 0 Å². The Kier molecular flexibility index (Phi) is 4.16. The van der Waals surface area contributed by atoms with Gasteiger partial charge in [-0.1, -0.05) is 25.0 Å². The molecule has 1 aromatic carbocycles. The zero-order valence-electron chi connectivity index (χ0n) is 10.8. The predicted octanol–water partition coefficient (Wildman–Crippen LogP) is 3.68. The molecule has 0 aromatic heterocycles. The Bertz CT molecular complexity index is 470. The van der Waals surface area contributed by atoms with Crippen LogP contribution in [0.4, 0.5) is 11.4 Å². The smallest absolute Gasteiger partial charge is 0.269 e. The van der Waals surface area contributed by atoms with Crippen LogP contribution in [0.3, 0.4) is 0 Å². The Labute approximate surface area is 112 Å². The monoisotopic (exact) mass is 262 g/mol. The summed E-state index contributed by atoms with van der Waals surface area (Å²) in [7, 11) is 0. The fraction of sp³-hybridized carbons (Fsp3) is 0.429. The van der Waals surface area contributed by atoms with Gasteiger partial charge < -0.3 is 0 Å². The zero-order chi connectivity index (χ0) is 13.8. The molecule has 102 valence electrons. The van der Waals surface area contributed by atoms with Crippen LogP contribution in [0.25, 0.3) is 0 Å². The van der Waals surface area contributed by atoms with E-state index in [1.165, 1.54) is 17.2 Å². The molecule has 1 atom stereocenters. The van der Waals surface area contributed by atoms with Gasteiger partial charge in [-0.3, -0.25) is 15.3 Å². The molecule has 0 aliphatic heterocycles. The third-order valence-electron chi connectivity index (χ3n) is 3.57. The molecule has 1 unspecified atom stereocenters. The van der Waals surface area contributed by atoms with Crippen LogP contribution in [0.15, 0.2) is 36.4 Å². The maximum Gasteiger partial charge on any atom is 0.269 e. The molecule has 0 radical (unpaired) electrons. The van der Waals surface area contributed by atoms with Crippen LogP contribution in [0.1, 0.15) is 32.1 Å². The van der Waals surface area contributed by atoms with Crippen molar-refractivity contribution in [3.8, 4) is 0 Å². The van der Waals surface area contributed by atoms with Crippen LogP contribution in [-0.2, 0) is 0 Å². The summed E-state index contributed by atoms with van der Waals surface area (Å²) < 4.78 is 0. The third-order valence-corrected chi connectivity index (χ3v) is 3.57. The van der Waals surface area contributed by atoms with Crippen molar-refractivity contribution in [2.24, 2.45) is 0 Å². The van der Waals surface area contributed by atoms with Gasteiger partial charge in [0.15, 0.2) is 0 Å². The summed E-state index contributed by atoms with van der Waals surface area (Å²) >= 11 is 0. The predicted molar refractivity (Wildman–Crippen MR) is 73.4 cm³/mol. The largest absolute Gasteiger partial charge is 0.288 e. The van der Waals surface area contributed by atoms with Crippen molar-refractivity contribution in [3.63, 3.8) is 0 Å². The van der Waals surface area contributed by atoms with Crippen LogP contribution in [-0.4, -0.2) is 16.2 Å². The Morgan fingerprint density at radius 1 is 1.26 bits per heavy atom. The highest BCUT2D eigenvalue weighted by molar-refractivity contribution is 5.50. The molecule has 0 amide bonds. The number of benzene rings is 1. The van der Waals surface area contributed by atoms with Crippen LogP contribution in [0.2, 0.25) is 0 Å². The number of anilines is 1. The van der Waals surface area contributed by atoms with Crippen molar-refractivity contribution in [3.05, 3.63) is 46.5 Å². The highest BCUT2D eigenvalue weighted by Crippen LogP contribution is 2.29. The highest BCUT2D eigenvalue weighted by Gasteiger charge is 2.22. The molecule has 1 aromatic rings. The Hall–Kier alpha value is -1.88. The van der Waals surface area contributed by atoms with Crippen LogP contribution >= 0.6 is 0 Å². The molecule has 0 spiro atoms. The van der Waals surface area contributed by atoms with E-state index in [9.17, 15) is 15.3 Å². The summed E-state index contributed by atoms with van der Waals surface area (Å²) in [4.78, 5) is 10.1. The van der Waals surface area contributed by atoms with Gasteiger partial charge in [0.2, 0.25) is 0 Å². The van der Waals surface area contributed by atoms with Gasteiger partial charge in [-0.25, -0.2) is 5.06 Å². The van der Waals surface area contributed by atoms with E-state index in [1.54, 1.807) is 12.1 Å². The highest BCUT2D eigenvalue weighted by atomic mass is 16.6. The topological polar surface area (TPSA) is 66.6 Å². The lowest BCUT2D eigenvalue weighted by Crippen LogP contribution is -2.33. The fourth-order valence-electron chi connectivity index (χ4n) is 2.44. The second-order valence-corrected chi connectivity index (χ2v) is 4.89. The summed E-state index contributed by atoms with van der Waals surface area (Å²) in [5, 5.41) is 22.1.